The lowest BCUT2D eigenvalue weighted by Crippen LogP contribution is -2.44. The first-order valence-corrected chi connectivity index (χ1v) is 8.12. The van der Waals surface area contributed by atoms with Crippen molar-refractivity contribution in [3.63, 3.8) is 0 Å². The van der Waals surface area contributed by atoms with Crippen LogP contribution in [-0.4, -0.2) is 38.6 Å². The summed E-state index contributed by atoms with van der Waals surface area (Å²) in [6.07, 6.45) is 3.74. The van der Waals surface area contributed by atoms with Gasteiger partial charge in [-0.15, -0.1) is 24.0 Å². The van der Waals surface area contributed by atoms with Crippen LogP contribution in [0.15, 0.2) is 52.3 Å². The first-order chi connectivity index (χ1) is 12.2. The van der Waals surface area contributed by atoms with E-state index in [0.717, 1.165) is 17.0 Å². The minimum atomic E-state index is -0.00532. The number of anilines is 1. The molecule has 8 heteroatoms. The Morgan fingerprint density at radius 2 is 2.27 bits per heavy atom. The molecule has 1 aromatic heterocycles. The lowest BCUT2D eigenvalue weighted by Gasteiger charge is -2.19. The summed E-state index contributed by atoms with van der Waals surface area (Å²) >= 11 is 0. The molecule has 2 aromatic rings. The van der Waals surface area contributed by atoms with Crippen LogP contribution in [0.5, 0.6) is 5.75 Å². The van der Waals surface area contributed by atoms with E-state index in [1.165, 1.54) is 0 Å². The molecule has 7 nitrogen and oxygen atoms in total. The van der Waals surface area contributed by atoms with Gasteiger partial charge in [-0.1, -0.05) is 6.07 Å². The summed E-state index contributed by atoms with van der Waals surface area (Å²) in [7, 11) is 3.33. The van der Waals surface area contributed by atoms with E-state index in [4.69, 9.17) is 9.15 Å². The van der Waals surface area contributed by atoms with E-state index in [-0.39, 0.29) is 35.9 Å². The van der Waals surface area contributed by atoms with Crippen LogP contribution in [0.25, 0.3) is 0 Å². The standard InChI is InChI=1S/C18H22N4O3.HI/c1-19-18(20-10-13-6-7-25-12-13)21-14-8-17(23)22(11-14)15-4-3-5-16(9-15)24-2;/h3-7,9,12,14H,8,10-11H2,1-2H3,(H2,19,20,21);1H. The molecule has 0 bridgehead atoms. The summed E-state index contributed by atoms with van der Waals surface area (Å²) in [5, 5.41) is 6.52. The predicted molar refractivity (Wildman–Crippen MR) is 111 cm³/mol. The summed E-state index contributed by atoms with van der Waals surface area (Å²) < 4.78 is 10.3. The quantitative estimate of drug-likeness (QED) is 0.399. The third kappa shape index (κ3) is 4.90. The highest BCUT2D eigenvalue weighted by molar-refractivity contribution is 14.0. The van der Waals surface area contributed by atoms with E-state index in [1.807, 2.05) is 30.3 Å². The normalized spacial score (nSPS) is 17.0. The van der Waals surface area contributed by atoms with E-state index >= 15 is 0 Å². The fourth-order valence-corrected chi connectivity index (χ4v) is 2.80. The molecule has 1 amide bonds. The van der Waals surface area contributed by atoms with Gasteiger partial charge in [-0.3, -0.25) is 9.79 Å². The number of halogens is 1. The Morgan fingerprint density at radius 1 is 1.42 bits per heavy atom. The number of methoxy groups -OCH3 is 1. The van der Waals surface area contributed by atoms with Crippen molar-refractivity contribution in [2.45, 2.75) is 19.0 Å². The second-order valence-corrected chi connectivity index (χ2v) is 5.81. The topological polar surface area (TPSA) is 79.1 Å². The Hall–Kier alpha value is -2.23. The third-order valence-electron chi connectivity index (χ3n) is 4.09. The summed E-state index contributed by atoms with van der Waals surface area (Å²) in [5.74, 6) is 1.47. The second-order valence-electron chi connectivity index (χ2n) is 5.81. The molecule has 0 radical (unpaired) electrons. The number of rotatable bonds is 5. The minimum absolute atomic E-state index is 0. The number of aliphatic imine (C=N–C) groups is 1. The number of hydrogen-bond acceptors (Lipinski definition) is 4. The number of ether oxygens (including phenoxy) is 1. The molecule has 0 aliphatic carbocycles. The number of carbonyl (C=O) groups excluding carboxylic acids is 1. The van der Waals surface area contributed by atoms with E-state index in [1.54, 1.807) is 31.6 Å². The molecule has 1 atom stereocenters. The van der Waals surface area contributed by atoms with Crippen LogP contribution < -0.4 is 20.3 Å². The maximum atomic E-state index is 12.4. The van der Waals surface area contributed by atoms with Crippen molar-refractivity contribution < 1.29 is 13.9 Å². The molecule has 2 heterocycles. The van der Waals surface area contributed by atoms with Crippen LogP contribution in [0.1, 0.15) is 12.0 Å². The molecular formula is C18H23IN4O3. The Balaban J connectivity index is 0.00000243. The van der Waals surface area contributed by atoms with Gasteiger partial charge in [-0.05, 0) is 18.2 Å². The minimum Gasteiger partial charge on any atom is -0.497 e. The van der Waals surface area contributed by atoms with Crippen molar-refractivity contribution in [3.8, 4) is 5.75 Å². The van der Waals surface area contributed by atoms with E-state index in [0.29, 0.717) is 25.5 Å². The number of furan rings is 1. The SMILES string of the molecule is CN=C(NCc1ccoc1)NC1CC(=O)N(c2cccc(OC)c2)C1.I. The Kier molecular flexibility index (Phi) is 7.31. The van der Waals surface area contributed by atoms with Gasteiger partial charge in [0.1, 0.15) is 5.75 Å². The van der Waals surface area contributed by atoms with Crippen molar-refractivity contribution >= 4 is 41.5 Å². The average molecular weight is 470 g/mol. The number of carbonyl (C=O) groups is 1. The average Bonchev–Trinajstić information content (AvgIpc) is 3.28. The maximum absolute atomic E-state index is 12.4. The first-order valence-electron chi connectivity index (χ1n) is 8.12. The summed E-state index contributed by atoms with van der Waals surface area (Å²) in [5.41, 5.74) is 1.87. The highest BCUT2D eigenvalue weighted by atomic mass is 127. The van der Waals surface area contributed by atoms with E-state index in [9.17, 15) is 4.79 Å². The van der Waals surface area contributed by atoms with Crippen molar-refractivity contribution in [2.75, 3.05) is 25.6 Å². The summed E-state index contributed by atoms with van der Waals surface area (Å²) in [4.78, 5) is 18.4. The van der Waals surface area contributed by atoms with Crippen LogP contribution in [0, 0.1) is 0 Å². The zero-order valence-corrected chi connectivity index (χ0v) is 17.1. The van der Waals surface area contributed by atoms with Crippen molar-refractivity contribution in [1.82, 2.24) is 10.6 Å². The second kappa shape index (κ2) is 9.46. The van der Waals surface area contributed by atoms with Crippen LogP contribution in [0.4, 0.5) is 5.69 Å². The number of benzene rings is 1. The first kappa shape index (κ1) is 20.1. The van der Waals surface area contributed by atoms with Gasteiger partial charge in [0.05, 0.1) is 25.7 Å². The lowest BCUT2D eigenvalue weighted by atomic mass is 10.2. The zero-order valence-electron chi connectivity index (χ0n) is 14.8. The van der Waals surface area contributed by atoms with Crippen LogP contribution in [0.3, 0.4) is 0 Å². The van der Waals surface area contributed by atoms with Gasteiger partial charge in [0.25, 0.3) is 0 Å². The molecule has 1 fully saturated rings. The van der Waals surface area contributed by atoms with Gasteiger partial charge in [-0.25, -0.2) is 0 Å². The maximum Gasteiger partial charge on any atom is 0.229 e. The van der Waals surface area contributed by atoms with Crippen molar-refractivity contribution in [3.05, 3.63) is 48.4 Å². The number of amides is 1. The van der Waals surface area contributed by atoms with Crippen LogP contribution in [-0.2, 0) is 11.3 Å². The Labute approximate surface area is 169 Å². The smallest absolute Gasteiger partial charge is 0.229 e. The molecule has 0 saturated carbocycles. The van der Waals surface area contributed by atoms with Gasteiger partial charge in [0.2, 0.25) is 5.91 Å². The number of hydrogen-bond donors (Lipinski definition) is 2. The van der Waals surface area contributed by atoms with Gasteiger partial charge in [0, 0.05) is 43.9 Å². The third-order valence-corrected chi connectivity index (χ3v) is 4.09. The largest absolute Gasteiger partial charge is 0.497 e. The van der Waals surface area contributed by atoms with Crippen molar-refractivity contribution in [1.29, 1.82) is 0 Å². The molecule has 26 heavy (non-hydrogen) atoms. The predicted octanol–water partition coefficient (Wildman–Crippen LogP) is 2.38. The number of nitrogens with zero attached hydrogens (tertiary/aromatic N) is 2. The zero-order chi connectivity index (χ0) is 17.6. The fraction of sp³-hybridized carbons (Fsp3) is 0.333. The molecule has 1 saturated heterocycles. The highest BCUT2D eigenvalue weighted by Gasteiger charge is 2.31. The number of nitrogens with one attached hydrogen (secondary N) is 2. The molecular weight excluding hydrogens is 447 g/mol. The molecule has 3 rings (SSSR count). The Bertz CT molecular complexity index is 749. The van der Waals surface area contributed by atoms with Gasteiger partial charge >= 0.3 is 0 Å². The molecule has 140 valence electrons. The van der Waals surface area contributed by atoms with Gasteiger partial charge < -0.3 is 24.7 Å². The molecule has 1 unspecified atom stereocenters. The van der Waals surface area contributed by atoms with Crippen molar-refractivity contribution in [2.24, 2.45) is 4.99 Å². The summed E-state index contributed by atoms with van der Waals surface area (Å²) in [6.45, 7) is 1.19. The Morgan fingerprint density at radius 3 is 2.96 bits per heavy atom. The van der Waals surface area contributed by atoms with Gasteiger partial charge in [0.15, 0.2) is 5.96 Å². The number of guanidine groups is 1. The molecule has 1 aromatic carbocycles. The van der Waals surface area contributed by atoms with E-state index in [2.05, 4.69) is 15.6 Å². The molecule has 2 N–H and O–H groups in total. The fourth-order valence-electron chi connectivity index (χ4n) is 2.80. The van der Waals surface area contributed by atoms with Crippen LogP contribution in [0.2, 0.25) is 0 Å². The monoisotopic (exact) mass is 470 g/mol. The molecule has 0 spiro atoms. The molecule has 1 aliphatic heterocycles. The lowest BCUT2D eigenvalue weighted by molar-refractivity contribution is -0.117. The van der Waals surface area contributed by atoms with Gasteiger partial charge in [-0.2, -0.15) is 0 Å². The van der Waals surface area contributed by atoms with Crippen LogP contribution >= 0.6 is 24.0 Å². The molecule has 1 aliphatic rings. The van der Waals surface area contributed by atoms with E-state index < -0.39 is 0 Å². The highest BCUT2D eigenvalue weighted by Crippen LogP contribution is 2.25. The summed E-state index contributed by atoms with van der Waals surface area (Å²) in [6, 6.07) is 9.41.